The van der Waals surface area contributed by atoms with Gasteiger partial charge in [-0.25, -0.2) is 9.97 Å². The number of carbonyl (C=O) groups excluding carboxylic acids is 2. The molecule has 0 aliphatic rings. The molecule has 2 rings (SSSR count). The van der Waals surface area contributed by atoms with E-state index in [2.05, 4.69) is 15.3 Å². The van der Waals surface area contributed by atoms with E-state index < -0.39 is 5.97 Å². The number of esters is 1. The Hall–Kier alpha value is -2.35. The molecule has 8 heteroatoms. The van der Waals surface area contributed by atoms with E-state index in [0.717, 1.165) is 17.0 Å². The van der Waals surface area contributed by atoms with Crippen molar-refractivity contribution in [3.05, 3.63) is 41.1 Å². The first-order valence-electron chi connectivity index (χ1n) is 8.27. The van der Waals surface area contributed by atoms with Crippen molar-refractivity contribution in [3.8, 4) is 0 Å². The van der Waals surface area contributed by atoms with Gasteiger partial charge >= 0.3 is 5.97 Å². The Labute approximate surface area is 156 Å². The molecule has 0 unspecified atom stereocenters. The zero-order chi connectivity index (χ0) is 19.1. The summed E-state index contributed by atoms with van der Waals surface area (Å²) in [5.41, 5.74) is 2.66. The molecule has 0 radical (unpaired) electrons. The summed E-state index contributed by atoms with van der Waals surface area (Å²) in [7, 11) is 0. The summed E-state index contributed by atoms with van der Waals surface area (Å²) in [6.07, 6.45) is 4.11. The Balaban J connectivity index is 1.78. The number of hydrogen-bond acceptors (Lipinski definition) is 7. The number of amides is 1. The van der Waals surface area contributed by atoms with Crippen molar-refractivity contribution in [3.63, 3.8) is 0 Å². The average Bonchev–Trinajstić information content (AvgIpc) is 3.13. The van der Waals surface area contributed by atoms with E-state index in [0.29, 0.717) is 17.3 Å². The lowest BCUT2D eigenvalue weighted by Gasteiger charge is -2.12. The molecule has 7 nitrogen and oxygen atoms in total. The summed E-state index contributed by atoms with van der Waals surface area (Å²) in [6.45, 7) is 5.28. The smallest absolute Gasteiger partial charge is 0.306 e. The minimum absolute atomic E-state index is 0.171. The first kappa shape index (κ1) is 20.0. The number of nitrogens with one attached hydrogen (secondary N) is 1. The van der Waals surface area contributed by atoms with Crippen LogP contribution in [0.25, 0.3) is 0 Å². The summed E-state index contributed by atoms with van der Waals surface area (Å²) in [5.74, 6) is -0.162. The molecule has 2 heterocycles. The van der Waals surface area contributed by atoms with E-state index in [1.165, 1.54) is 18.0 Å². The molecule has 2 aromatic rings. The maximum Gasteiger partial charge on any atom is 0.306 e. The Morgan fingerprint density at radius 2 is 2.00 bits per heavy atom. The molecule has 0 aliphatic heterocycles. The van der Waals surface area contributed by atoms with Gasteiger partial charge in [-0.2, -0.15) is 0 Å². The van der Waals surface area contributed by atoms with Gasteiger partial charge in [0.25, 0.3) is 5.91 Å². The molecule has 0 aliphatic carbocycles. The van der Waals surface area contributed by atoms with Crippen molar-refractivity contribution in [2.45, 2.75) is 44.8 Å². The Morgan fingerprint density at radius 3 is 2.58 bits per heavy atom. The fraction of sp³-hybridized carbons (Fsp3) is 0.444. The molecule has 2 aromatic heterocycles. The first-order valence-corrected chi connectivity index (χ1v) is 9.49. The molecular weight excluding hydrogens is 354 g/mol. The lowest BCUT2D eigenvalue weighted by molar-refractivity contribution is -0.148. The SMILES string of the molecule is CSc1nc(C)c(CCC(=O)OCC(=O)N[C@@H](C)c2ccco2)c(C)n1. The third kappa shape index (κ3) is 5.59. The highest BCUT2D eigenvalue weighted by Crippen LogP contribution is 2.17. The number of thioether (sulfide) groups is 1. The predicted molar refractivity (Wildman–Crippen MR) is 97.8 cm³/mol. The van der Waals surface area contributed by atoms with Crippen molar-refractivity contribution >= 4 is 23.6 Å². The van der Waals surface area contributed by atoms with Crippen LogP contribution in [0.15, 0.2) is 28.0 Å². The molecule has 0 bridgehead atoms. The second-order valence-corrected chi connectivity index (χ2v) is 6.60. The molecule has 26 heavy (non-hydrogen) atoms. The van der Waals surface area contributed by atoms with Crippen molar-refractivity contribution in [2.75, 3.05) is 12.9 Å². The van der Waals surface area contributed by atoms with Crippen LogP contribution in [0.3, 0.4) is 0 Å². The van der Waals surface area contributed by atoms with Crippen LogP contribution >= 0.6 is 11.8 Å². The third-order valence-corrected chi connectivity index (χ3v) is 4.42. The molecular formula is C18H23N3O4S. The number of furan rings is 1. The lowest BCUT2D eigenvalue weighted by atomic mass is 10.1. The van der Waals surface area contributed by atoms with Crippen LogP contribution < -0.4 is 5.32 Å². The van der Waals surface area contributed by atoms with Gasteiger partial charge in [0.15, 0.2) is 11.8 Å². The fourth-order valence-corrected chi connectivity index (χ4v) is 2.96. The second-order valence-electron chi connectivity index (χ2n) is 5.82. The van der Waals surface area contributed by atoms with E-state index >= 15 is 0 Å². The summed E-state index contributed by atoms with van der Waals surface area (Å²) in [6, 6.07) is 3.23. The van der Waals surface area contributed by atoms with Gasteiger partial charge in [-0.1, -0.05) is 11.8 Å². The third-order valence-electron chi connectivity index (χ3n) is 3.87. The molecule has 0 saturated carbocycles. The van der Waals surface area contributed by atoms with Crippen molar-refractivity contribution in [1.82, 2.24) is 15.3 Å². The van der Waals surface area contributed by atoms with E-state index in [9.17, 15) is 9.59 Å². The minimum Gasteiger partial charge on any atom is -0.467 e. The van der Waals surface area contributed by atoms with E-state index in [1.54, 1.807) is 19.1 Å². The van der Waals surface area contributed by atoms with Gasteiger partial charge in [-0.3, -0.25) is 9.59 Å². The van der Waals surface area contributed by atoms with Gasteiger partial charge < -0.3 is 14.5 Å². The number of carbonyl (C=O) groups is 2. The quantitative estimate of drug-likeness (QED) is 0.429. The highest BCUT2D eigenvalue weighted by Gasteiger charge is 2.15. The topological polar surface area (TPSA) is 94.3 Å². The lowest BCUT2D eigenvalue weighted by Crippen LogP contribution is -2.31. The van der Waals surface area contributed by atoms with Crippen LogP contribution in [0.2, 0.25) is 0 Å². The minimum atomic E-state index is -0.432. The molecule has 0 spiro atoms. The van der Waals surface area contributed by atoms with Gasteiger partial charge in [0.05, 0.1) is 12.3 Å². The van der Waals surface area contributed by atoms with E-state index in [-0.39, 0.29) is 25.0 Å². The maximum absolute atomic E-state index is 11.9. The predicted octanol–water partition coefficient (Wildman–Crippen LogP) is 2.76. The Kier molecular flexibility index (Phi) is 7.20. The number of rotatable bonds is 8. The Morgan fingerprint density at radius 1 is 1.31 bits per heavy atom. The first-order chi connectivity index (χ1) is 12.4. The number of aromatic nitrogens is 2. The van der Waals surface area contributed by atoms with Gasteiger partial charge in [-0.15, -0.1) is 0 Å². The van der Waals surface area contributed by atoms with Gasteiger partial charge in [0, 0.05) is 17.8 Å². The normalized spacial score (nSPS) is 11.8. The highest BCUT2D eigenvalue weighted by molar-refractivity contribution is 7.98. The zero-order valence-electron chi connectivity index (χ0n) is 15.4. The second kappa shape index (κ2) is 9.38. The number of aryl methyl sites for hydroxylation is 2. The number of nitrogens with zero attached hydrogens (tertiary/aromatic N) is 2. The van der Waals surface area contributed by atoms with Crippen LogP contribution in [-0.2, 0) is 20.7 Å². The van der Waals surface area contributed by atoms with Crippen LogP contribution in [-0.4, -0.2) is 34.7 Å². The van der Waals surface area contributed by atoms with Crippen LogP contribution in [0.5, 0.6) is 0 Å². The zero-order valence-corrected chi connectivity index (χ0v) is 16.2. The van der Waals surface area contributed by atoms with Crippen LogP contribution in [0, 0.1) is 13.8 Å². The molecule has 1 atom stereocenters. The van der Waals surface area contributed by atoms with Crippen LogP contribution in [0.1, 0.15) is 42.1 Å². The molecule has 0 fully saturated rings. The molecule has 140 valence electrons. The van der Waals surface area contributed by atoms with E-state index in [4.69, 9.17) is 9.15 Å². The number of hydrogen-bond donors (Lipinski definition) is 1. The highest BCUT2D eigenvalue weighted by atomic mass is 32.2. The van der Waals surface area contributed by atoms with Gasteiger partial charge in [0.1, 0.15) is 5.76 Å². The molecule has 0 saturated heterocycles. The molecule has 1 amide bonds. The summed E-state index contributed by atoms with van der Waals surface area (Å²) >= 11 is 1.48. The molecule has 0 aromatic carbocycles. The number of ether oxygens (including phenoxy) is 1. The summed E-state index contributed by atoms with van der Waals surface area (Å²) in [4.78, 5) is 32.5. The molecule has 1 N–H and O–H groups in total. The van der Waals surface area contributed by atoms with Gasteiger partial charge in [-0.05, 0) is 51.1 Å². The standard InChI is InChI=1S/C18H23N3O4S/c1-11-14(12(2)21-18(20-11)26-4)7-8-17(23)25-10-16(22)19-13(3)15-6-5-9-24-15/h5-6,9,13H,7-8,10H2,1-4H3,(H,19,22)/t13-/m0/s1. The summed E-state index contributed by atoms with van der Waals surface area (Å²) in [5, 5.41) is 3.43. The fourth-order valence-electron chi connectivity index (χ4n) is 2.50. The van der Waals surface area contributed by atoms with E-state index in [1.807, 2.05) is 20.1 Å². The van der Waals surface area contributed by atoms with Crippen molar-refractivity contribution < 1.29 is 18.7 Å². The van der Waals surface area contributed by atoms with Crippen molar-refractivity contribution in [1.29, 1.82) is 0 Å². The van der Waals surface area contributed by atoms with Gasteiger partial charge in [0.2, 0.25) is 0 Å². The summed E-state index contributed by atoms with van der Waals surface area (Å²) < 4.78 is 10.3. The van der Waals surface area contributed by atoms with Crippen molar-refractivity contribution in [2.24, 2.45) is 0 Å². The maximum atomic E-state index is 11.9. The largest absolute Gasteiger partial charge is 0.467 e. The monoisotopic (exact) mass is 377 g/mol. The Bertz CT molecular complexity index is 739. The van der Waals surface area contributed by atoms with Crippen LogP contribution in [0.4, 0.5) is 0 Å². The average molecular weight is 377 g/mol.